The van der Waals surface area contributed by atoms with Gasteiger partial charge in [-0.2, -0.15) is 0 Å². The molecule has 1 atom stereocenters. The zero-order chi connectivity index (χ0) is 24.9. The van der Waals surface area contributed by atoms with Crippen molar-refractivity contribution in [1.29, 1.82) is 0 Å². The van der Waals surface area contributed by atoms with Gasteiger partial charge in [-0.05, 0) is 72.1 Å². The van der Waals surface area contributed by atoms with Crippen molar-refractivity contribution in [3.63, 3.8) is 0 Å². The summed E-state index contributed by atoms with van der Waals surface area (Å²) in [7, 11) is 2.02. The van der Waals surface area contributed by atoms with E-state index >= 15 is 0 Å². The number of furan rings is 1. The van der Waals surface area contributed by atoms with Gasteiger partial charge >= 0.3 is 0 Å². The molecule has 2 aromatic heterocycles. The number of rotatable bonds is 2. The fraction of sp³-hybridized carbons (Fsp3) is 0.176. The summed E-state index contributed by atoms with van der Waals surface area (Å²) in [5, 5.41) is 8.16. The monoisotopic (exact) mass is 480 g/mol. The summed E-state index contributed by atoms with van der Waals surface area (Å²) in [6, 6.07) is 27.0. The van der Waals surface area contributed by atoms with Crippen molar-refractivity contribution in [2.45, 2.75) is 31.7 Å². The summed E-state index contributed by atoms with van der Waals surface area (Å²) in [6.07, 6.45) is 7.87. The van der Waals surface area contributed by atoms with Crippen LogP contribution >= 0.6 is 0 Å². The molecule has 0 fully saturated rings. The molecular weight excluding hydrogens is 452 g/mol. The molecule has 8 rings (SSSR count). The Morgan fingerprint density at radius 1 is 0.838 bits per heavy atom. The number of aromatic nitrogens is 1. The number of hydrogen-bond donors (Lipinski definition) is 1. The zero-order valence-corrected chi connectivity index (χ0v) is 21.3. The minimum atomic E-state index is -0.0515. The van der Waals surface area contributed by atoms with Gasteiger partial charge in [0.2, 0.25) is 0 Å². The van der Waals surface area contributed by atoms with Crippen LogP contribution in [0, 0.1) is 0 Å². The molecule has 2 aliphatic carbocycles. The van der Waals surface area contributed by atoms with E-state index in [4.69, 9.17) is 4.42 Å². The molecular formula is C34H28N2O. The summed E-state index contributed by atoms with van der Waals surface area (Å²) in [5.74, 6) is 0. The lowest BCUT2D eigenvalue weighted by atomic mass is 9.82. The number of allylic oxidation sites excluding steroid dienone is 2. The number of nitrogens with one attached hydrogen (secondary N) is 1. The Morgan fingerprint density at radius 2 is 1.68 bits per heavy atom. The van der Waals surface area contributed by atoms with E-state index in [-0.39, 0.29) is 5.41 Å². The van der Waals surface area contributed by atoms with Crippen molar-refractivity contribution < 1.29 is 4.42 Å². The van der Waals surface area contributed by atoms with Gasteiger partial charge in [0.1, 0.15) is 11.2 Å². The summed E-state index contributed by atoms with van der Waals surface area (Å²) in [5.41, 5.74) is 11.0. The van der Waals surface area contributed by atoms with E-state index in [9.17, 15) is 0 Å². The molecule has 180 valence electrons. The standard InChI is InChI=1S/C34H28N2O/c1-34(2)27-10-6-4-8-22(27)25-18-26-30(19-28(25)34)36(21-14-12-20(35-3)13-15-21)29-17-16-24-23-9-5-7-11-31(23)37-33(24)32(26)29/h4-12,14-20,35H,13H2,1-3H3. The lowest BCUT2D eigenvalue weighted by molar-refractivity contribution is 0.661. The maximum absolute atomic E-state index is 6.58. The number of likely N-dealkylation sites (N-methyl/N-ethyl adjacent to an activating group) is 1. The molecule has 3 nitrogen and oxygen atoms in total. The molecule has 37 heavy (non-hydrogen) atoms. The van der Waals surface area contributed by atoms with Crippen LogP contribution in [-0.2, 0) is 5.41 Å². The van der Waals surface area contributed by atoms with Gasteiger partial charge in [-0.3, -0.25) is 0 Å². The Morgan fingerprint density at radius 3 is 2.51 bits per heavy atom. The Hall–Kier alpha value is -4.08. The summed E-state index contributed by atoms with van der Waals surface area (Å²) >= 11 is 0. The molecule has 0 saturated carbocycles. The third-order valence-corrected chi connectivity index (χ3v) is 8.69. The van der Waals surface area contributed by atoms with Crippen LogP contribution in [0.1, 0.15) is 31.4 Å². The number of para-hydroxylation sites is 1. The Balaban J connectivity index is 1.54. The highest BCUT2D eigenvalue weighted by atomic mass is 16.3. The highest BCUT2D eigenvalue weighted by Crippen LogP contribution is 2.51. The minimum Gasteiger partial charge on any atom is -0.455 e. The van der Waals surface area contributed by atoms with Crippen molar-refractivity contribution in [1.82, 2.24) is 9.88 Å². The highest BCUT2D eigenvalue weighted by Gasteiger charge is 2.36. The second kappa shape index (κ2) is 7.24. The van der Waals surface area contributed by atoms with E-state index in [0.29, 0.717) is 6.04 Å². The highest BCUT2D eigenvalue weighted by molar-refractivity contribution is 6.25. The van der Waals surface area contributed by atoms with Gasteiger partial charge in [-0.1, -0.05) is 68.5 Å². The Bertz CT molecular complexity index is 1980. The topological polar surface area (TPSA) is 30.1 Å². The second-order valence-corrected chi connectivity index (χ2v) is 11.0. The molecule has 6 aromatic rings. The number of fused-ring (bicyclic) bond motifs is 10. The first-order valence-electron chi connectivity index (χ1n) is 13.1. The molecule has 0 spiro atoms. The van der Waals surface area contributed by atoms with Crippen LogP contribution in [0.15, 0.2) is 95.4 Å². The lowest BCUT2D eigenvalue weighted by Crippen LogP contribution is -2.23. The molecule has 3 heteroatoms. The van der Waals surface area contributed by atoms with Gasteiger partial charge in [0, 0.05) is 33.3 Å². The molecule has 0 aliphatic heterocycles. The van der Waals surface area contributed by atoms with E-state index in [1.807, 2.05) is 13.1 Å². The smallest absolute Gasteiger partial charge is 0.145 e. The molecule has 0 bridgehead atoms. The van der Waals surface area contributed by atoms with Crippen LogP contribution < -0.4 is 5.32 Å². The van der Waals surface area contributed by atoms with Gasteiger partial charge in [0.05, 0.1) is 16.4 Å². The Labute approximate surface area is 215 Å². The first kappa shape index (κ1) is 21.0. The van der Waals surface area contributed by atoms with E-state index in [2.05, 4.69) is 109 Å². The second-order valence-electron chi connectivity index (χ2n) is 11.0. The van der Waals surface area contributed by atoms with Crippen molar-refractivity contribution in [2.24, 2.45) is 0 Å². The first-order chi connectivity index (χ1) is 18.1. The van der Waals surface area contributed by atoms with E-state index in [0.717, 1.165) is 17.6 Å². The van der Waals surface area contributed by atoms with Crippen molar-refractivity contribution >= 4 is 49.4 Å². The minimum absolute atomic E-state index is 0.0515. The molecule has 1 N–H and O–H groups in total. The molecule has 2 aliphatic rings. The fourth-order valence-corrected chi connectivity index (χ4v) is 6.74. The maximum Gasteiger partial charge on any atom is 0.145 e. The normalized spacial score (nSPS) is 18.1. The van der Waals surface area contributed by atoms with Gasteiger partial charge in [0.15, 0.2) is 0 Å². The summed E-state index contributed by atoms with van der Waals surface area (Å²) in [4.78, 5) is 0. The third kappa shape index (κ3) is 2.70. The molecule has 0 saturated heterocycles. The van der Waals surface area contributed by atoms with E-state index in [1.54, 1.807) is 0 Å². The van der Waals surface area contributed by atoms with Crippen molar-refractivity contribution in [3.8, 4) is 11.1 Å². The van der Waals surface area contributed by atoms with Gasteiger partial charge in [-0.15, -0.1) is 0 Å². The van der Waals surface area contributed by atoms with Crippen molar-refractivity contribution in [3.05, 3.63) is 102 Å². The third-order valence-electron chi connectivity index (χ3n) is 8.69. The quantitative estimate of drug-likeness (QED) is 0.270. The number of hydrogen-bond acceptors (Lipinski definition) is 2. The number of benzene rings is 4. The van der Waals surface area contributed by atoms with E-state index in [1.165, 1.54) is 60.5 Å². The average molecular weight is 481 g/mol. The van der Waals surface area contributed by atoms with Gasteiger partial charge in [-0.25, -0.2) is 0 Å². The largest absolute Gasteiger partial charge is 0.455 e. The summed E-state index contributed by atoms with van der Waals surface area (Å²) < 4.78 is 9.02. The van der Waals surface area contributed by atoms with Crippen LogP contribution in [0.2, 0.25) is 0 Å². The predicted molar refractivity (Wildman–Crippen MR) is 155 cm³/mol. The maximum atomic E-state index is 6.58. The molecule has 2 heterocycles. The van der Waals surface area contributed by atoms with E-state index < -0.39 is 0 Å². The van der Waals surface area contributed by atoms with Crippen LogP contribution in [0.5, 0.6) is 0 Å². The van der Waals surface area contributed by atoms with Crippen molar-refractivity contribution in [2.75, 3.05) is 7.05 Å². The molecule has 1 unspecified atom stereocenters. The fourth-order valence-electron chi connectivity index (χ4n) is 6.74. The van der Waals surface area contributed by atoms with Gasteiger partial charge in [0.25, 0.3) is 0 Å². The predicted octanol–water partition coefficient (Wildman–Crippen LogP) is 8.39. The van der Waals surface area contributed by atoms with Crippen LogP contribution in [-0.4, -0.2) is 17.7 Å². The van der Waals surface area contributed by atoms with Crippen LogP contribution in [0.25, 0.3) is 60.6 Å². The average Bonchev–Trinajstić information content (AvgIpc) is 3.54. The molecule has 0 amide bonds. The number of nitrogens with zero attached hydrogens (tertiary/aromatic N) is 1. The zero-order valence-electron chi connectivity index (χ0n) is 21.3. The Kier molecular flexibility index (Phi) is 4.12. The van der Waals surface area contributed by atoms with Crippen LogP contribution in [0.4, 0.5) is 0 Å². The lowest BCUT2D eigenvalue weighted by Gasteiger charge is -2.22. The summed E-state index contributed by atoms with van der Waals surface area (Å²) in [6.45, 7) is 4.70. The molecule has 4 aromatic carbocycles. The van der Waals surface area contributed by atoms with Crippen LogP contribution in [0.3, 0.4) is 0 Å². The van der Waals surface area contributed by atoms with Gasteiger partial charge < -0.3 is 14.3 Å². The first-order valence-corrected chi connectivity index (χ1v) is 13.1. The SMILES string of the molecule is CNC1C=CC(n2c3cc4c(cc3c3c5oc6ccccc6c5ccc32)-c2ccccc2C4(C)C)=CC1. The molecule has 0 radical (unpaired) electrons.